The molecule has 0 saturated carbocycles. The summed E-state index contributed by atoms with van der Waals surface area (Å²) in [7, 11) is 0. The first-order valence-electron chi connectivity index (χ1n) is 4.37. The SMILES string of the molecule is O=C(O)c1ccc(C(=O)O)c(C(=O)O)c1C(=O)O.[Eu]. The fourth-order valence-corrected chi connectivity index (χ4v) is 1.40. The summed E-state index contributed by atoms with van der Waals surface area (Å²) in [6.45, 7) is 0. The van der Waals surface area contributed by atoms with E-state index in [0.717, 1.165) is 12.1 Å². The number of rotatable bonds is 4. The van der Waals surface area contributed by atoms with Crippen molar-refractivity contribution in [3.8, 4) is 0 Å². The number of hydrogen-bond donors (Lipinski definition) is 4. The minimum absolute atomic E-state index is 0. The van der Waals surface area contributed by atoms with E-state index in [9.17, 15) is 19.2 Å². The molecule has 0 amide bonds. The van der Waals surface area contributed by atoms with Crippen LogP contribution in [0.25, 0.3) is 0 Å². The average Bonchev–Trinajstić information content (AvgIpc) is 2.26. The van der Waals surface area contributed by atoms with Gasteiger partial charge < -0.3 is 20.4 Å². The largest absolute Gasteiger partial charge is 0.478 e. The van der Waals surface area contributed by atoms with E-state index in [2.05, 4.69) is 0 Å². The van der Waals surface area contributed by atoms with E-state index in [4.69, 9.17) is 20.4 Å². The molecule has 1 aromatic carbocycles. The van der Waals surface area contributed by atoms with Gasteiger partial charge in [-0.1, -0.05) is 0 Å². The number of aromatic carboxylic acids is 4. The van der Waals surface area contributed by atoms with Gasteiger partial charge in [-0.05, 0) is 12.1 Å². The molecule has 8 nitrogen and oxygen atoms in total. The quantitative estimate of drug-likeness (QED) is 0.564. The van der Waals surface area contributed by atoms with Crippen molar-refractivity contribution in [2.45, 2.75) is 0 Å². The monoisotopic (exact) mass is 407 g/mol. The van der Waals surface area contributed by atoms with E-state index >= 15 is 0 Å². The molecule has 0 heterocycles. The molecule has 0 aromatic heterocycles. The Morgan fingerprint density at radius 3 is 1.05 bits per heavy atom. The standard InChI is InChI=1S/C10H6O8.Eu/c11-7(12)3-1-2-4(8(13)14)6(10(17)18)5(3)9(15)16;/h1-2H,(H,11,12)(H,13,14)(H,15,16)(H,17,18);. The smallest absolute Gasteiger partial charge is 0.337 e. The van der Waals surface area contributed by atoms with Gasteiger partial charge in [0.1, 0.15) is 0 Å². The summed E-state index contributed by atoms with van der Waals surface area (Å²) >= 11 is 0. The molecule has 1 rings (SSSR count). The Balaban J connectivity index is 0.00000324. The normalized spacial score (nSPS) is 9.26. The van der Waals surface area contributed by atoms with Crippen LogP contribution in [0.2, 0.25) is 0 Å². The molecule has 0 unspecified atom stereocenters. The molecule has 19 heavy (non-hydrogen) atoms. The van der Waals surface area contributed by atoms with Crippen LogP contribution in [0.15, 0.2) is 12.1 Å². The molecule has 0 aliphatic heterocycles. The Hall–Kier alpha value is -1.32. The second kappa shape index (κ2) is 6.74. The Bertz CT molecular complexity index is 526. The third-order valence-corrected chi connectivity index (χ3v) is 2.09. The van der Waals surface area contributed by atoms with Crippen LogP contribution in [0.5, 0.6) is 0 Å². The summed E-state index contributed by atoms with van der Waals surface area (Å²) in [5.41, 5.74) is -3.69. The van der Waals surface area contributed by atoms with Gasteiger partial charge in [-0.15, -0.1) is 0 Å². The third-order valence-electron chi connectivity index (χ3n) is 2.09. The van der Waals surface area contributed by atoms with Crippen molar-refractivity contribution in [2.75, 3.05) is 0 Å². The Kier molecular flexibility index (Phi) is 6.27. The average molecular weight is 406 g/mol. The van der Waals surface area contributed by atoms with Gasteiger partial charge in [-0.2, -0.15) is 0 Å². The summed E-state index contributed by atoms with van der Waals surface area (Å²) in [5, 5.41) is 35.2. The van der Waals surface area contributed by atoms with Crippen molar-refractivity contribution in [3.05, 3.63) is 34.4 Å². The van der Waals surface area contributed by atoms with Gasteiger partial charge in [0, 0.05) is 49.4 Å². The molecule has 101 valence electrons. The molecule has 0 saturated heterocycles. The minimum atomic E-state index is -1.83. The van der Waals surface area contributed by atoms with E-state index in [-0.39, 0.29) is 49.4 Å². The summed E-state index contributed by atoms with van der Waals surface area (Å²) in [4.78, 5) is 43.4. The van der Waals surface area contributed by atoms with E-state index in [1.807, 2.05) is 0 Å². The van der Waals surface area contributed by atoms with Crippen LogP contribution in [0.1, 0.15) is 41.4 Å². The maximum Gasteiger partial charge on any atom is 0.337 e. The van der Waals surface area contributed by atoms with E-state index in [1.54, 1.807) is 0 Å². The molecule has 0 aliphatic rings. The van der Waals surface area contributed by atoms with Crippen LogP contribution in [0.3, 0.4) is 0 Å². The van der Waals surface area contributed by atoms with Crippen LogP contribution in [-0.2, 0) is 0 Å². The summed E-state index contributed by atoms with van der Waals surface area (Å²) < 4.78 is 0. The van der Waals surface area contributed by atoms with Gasteiger partial charge in [0.15, 0.2) is 0 Å². The minimum Gasteiger partial charge on any atom is -0.478 e. The van der Waals surface area contributed by atoms with Crippen LogP contribution >= 0.6 is 0 Å². The maximum absolute atomic E-state index is 10.9. The Labute approximate surface area is 146 Å². The number of carboxylic acid groups (broad SMARTS) is 4. The van der Waals surface area contributed by atoms with Gasteiger partial charge >= 0.3 is 23.9 Å². The Morgan fingerprint density at radius 2 is 0.895 bits per heavy atom. The molecule has 1 aromatic rings. The first kappa shape index (κ1) is 17.7. The number of benzene rings is 1. The van der Waals surface area contributed by atoms with Gasteiger partial charge in [-0.25, -0.2) is 19.2 Å². The van der Waals surface area contributed by atoms with Gasteiger partial charge in [0.25, 0.3) is 0 Å². The third kappa shape index (κ3) is 3.58. The number of carboxylic acids is 4. The topological polar surface area (TPSA) is 149 Å². The number of carbonyl (C=O) groups is 4. The predicted octanol–water partition coefficient (Wildman–Crippen LogP) is 0.479. The van der Waals surface area contributed by atoms with Crippen molar-refractivity contribution < 1.29 is 89.0 Å². The zero-order chi connectivity index (χ0) is 14.0. The van der Waals surface area contributed by atoms with Crippen molar-refractivity contribution >= 4 is 23.9 Å². The van der Waals surface area contributed by atoms with Crippen LogP contribution < -0.4 is 0 Å². The molecule has 1 radical (unpaired) electrons. The van der Waals surface area contributed by atoms with E-state index < -0.39 is 46.1 Å². The first-order valence-corrected chi connectivity index (χ1v) is 4.37. The van der Waals surface area contributed by atoms with Gasteiger partial charge in [-0.3, -0.25) is 0 Å². The summed E-state index contributed by atoms with van der Waals surface area (Å²) in [5.74, 6) is -6.97. The van der Waals surface area contributed by atoms with E-state index in [1.165, 1.54) is 0 Å². The van der Waals surface area contributed by atoms with Crippen molar-refractivity contribution in [3.63, 3.8) is 0 Å². The van der Waals surface area contributed by atoms with Crippen LogP contribution in [0, 0.1) is 49.4 Å². The molecule has 9 heteroatoms. The second-order valence-corrected chi connectivity index (χ2v) is 3.13. The van der Waals surface area contributed by atoms with Gasteiger partial charge in [0.2, 0.25) is 0 Å². The van der Waals surface area contributed by atoms with Crippen molar-refractivity contribution in [2.24, 2.45) is 0 Å². The van der Waals surface area contributed by atoms with E-state index in [0.29, 0.717) is 0 Å². The second-order valence-electron chi connectivity index (χ2n) is 3.13. The van der Waals surface area contributed by atoms with Crippen molar-refractivity contribution in [1.82, 2.24) is 0 Å². The molecule has 4 N–H and O–H groups in total. The van der Waals surface area contributed by atoms with Gasteiger partial charge in [0.05, 0.1) is 22.3 Å². The summed E-state index contributed by atoms with van der Waals surface area (Å²) in [6, 6.07) is 1.48. The molecule has 0 aliphatic carbocycles. The van der Waals surface area contributed by atoms with Crippen molar-refractivity contribution in [1.29, 1.82) is 0 Å². The molecular formula is C10H6EuO8. The molecule has 0 bridgehead atoms. The first-order chi connectivity index (χ1) is 8.27. The summed E-state index contributed by atoms with van der Waals surface area (Å²) in [6.07, 6.45) is 0. The fraction of sp³-hybridized carbons (Fsp3) is 0. The molecular weight excluding hydrogens is 400 g/mol. The Morgan fingerprint density at radius 1 is 0.632 bits per heavy atom. The molecule has 0 spiro atoms. The zero-order valence-electron chi connectivity index (χ0n) is 8.95. The maximum atomic E-state index is 10.9. The predicted molar refractivity (Wildman–Crippen MR) is 54.3 cm³/mol. The zero-order valence-corrected chi connectivity index (χ0v) is 11.4. The van der Waals surface area contributed by atoms with Crippen LogP contribution in [0.4, 0.5) is 0 Å². The van der Waals surface area contributed by atoms with Crippen LogP contribution in [-0.4, -0.2) is 44.3 Å². The molecule has 0 atom stereocenters. The number of hydrogen-bond acceptors (Lipinski definition) is 4. The fourth-order valence-electron chi connectivity index (χ4n) is 1.40. The molecule has 0 fully saturated rings.